The second-order valence-corrected chi connectivity index (χ2v) is 8.41. The van der Waals surface area contributed by atoms with Crippen molar-refractivity contribution >= 4 is 5.91 Å². The maximum Gasteiger partial charge on any atom is 0.243 e. The van der Waals surface area contributed by atoms with Gasteiger partial charge in [-0.1, -0.05) is 60.7 Å². The number of hydrogen-bond acceptors (Lipinski definition) is 3. The molecule has 2 aromatic carbocycles. The largest absolute Gasteiger partial charge is 0.392 e. The van der Waals surface area contributed by atoms with E-state index >= 15 is 0 Å². The van der Waals surface area contributed by atoms with Gasteiger partial charge in [-0.25, -0.2) is 0 Å². The molecule has 2 N–H and O–H groups in total. The summed E-state index contributed by atoms with van der Waals surface area (Å²) in [6.07, 6.45) is 3.85. The molecule has 4 nitrogen and oxygen atoms in total. The molecule has 2 saturated heterocycles. The first-order chi connectivity index (χ1) is 13.6. The van der Waals surface area contributed by atoms with Crippen LogP contribution in [-0.2, 0) is 17.6 Å². The third-order valence-corrected chi connectivity index (χ3v) is 6.29. The van der Waals surface area contributed by atoms with Gasteiger partial charge in [0.1, 0.15) is 5.54 Å². The van der Waals surface area contributed by atoms with E-state index in [0.29, 0.717) is 25.3 Å². The SMILES string of the molecule is O=C(N1CCC(Cc2ccccc2)CC1)[C@]1(Cc2ccccc2)C[C@@H](O)CN1. The summed E-state index contributed by atoms with van der Waals surface area (Å²) in [5.41, 5.74) is 1.84. The van der Waals surface area contributed by atoms with Gasteiger partial charge in [0.25, 0.3) is 0 Å². The van der Waals surface area contributed by atoms with Gasteiger partial charge in [-0.05, 0) is 42.7 Å². The van der Waals surface area contributed by atoms with Crippen molar-refractivity contribution in [3.8, 4) is 0 Å². The summed E-state index contributed by atoms with van der Waals surface area (Å²) in [7, 11) is 0. The van der Waals surface area contributed by atoms with E-state index in [4.69, 9.17) is 0 Å². The van der Waals surface area contributed by atoms with Gasteiger partial charge in [0, 0.05) is 26.1 Å². The zero-order valence-corrected chi connectivity index (χ0v) is 16.4. The maximum absolute atomic E-state index is 13.5. The summed E-state index contributed by atoms with van der Waals surface area (Å²) in [5, 5.41) is 13.5. The van der Waals surface area contributed by atoms with Crippen LogP contribution in [0.3, 0.4) is 0 Å². The summed E-state index contributed by atoms with van der Waals surface area (Å²) in [6, 6.07) is 20.8. The van der Waals surface area contributed by atoms with Crippen molar-refractivity contribution in [1.29, 1.82) is 0 Å². The highest BCUT2D eigenvalue weighted by Crippen LogP contribution is 2.30. The molecule has 0 aliphatic carbocycles. The molecule has 0 bridgehead atoms. The summed E-state index contributed by atoms with van der Waals surface area (Å²) in [5.74, 6) is 0.796. The van der Waals surface area contributed by atoms with Crippen molar-refractivity contribution in [2.75, 3.05) is 19.6 Å². The van der Waals surface area contributed by atoms with Crippen LogP contribution in [0.25, 0.3) is 0 Å². The van der Waals surface area contributed by atoms with Gasteiger partial charge in [0.2, 0.25) is 5.91 Å². The predicted octanol–water partition coefficient (Wildman–Crippen LogP) is 2.80. The van der Waals surface area contributed by atoms with Crippen LogP contribution < -0.4 is 5.32 Å². The average Bonchev–Trinajstić information content (AvgIpc) is 3.11. The van der Waals surface area contributed by atoms with Crippen LogP contribution in [0.1, 0.15) is 30.4 Å². The maximum atomic E-state index is 13.5. The molecule has 2 heterocycles. The first-order valence-electron chi connectivity index (χ1n) is 10.4. The molecule has 2 atom stereocenters. The van der Waals surface area contributed by atoms with E-state index in [1.807, 2.05) is 23.1 Å². The Bertz CT molecular complexity index is 772. The Balaban J connectivity index is 1.41. The molecule has 0 aromatic heterocycles. The topological polar surface area (TPSA) is 52.6 Å². The molecule has 148 valence electrons. The first kappa shape index (κ1) is 19.2. The molecule has 2 aromatic rings. The van der Waals surface area contributed by atoms with Crippen molar-refractivity contribution < 1.29 is 9.90 Å². The molecule has 2 aliphatic heterocycles. The van der Waals surface area contributed by atoms with E-state index < -0.39 is 11.6 Å². The summed E-state index contributed by atoms with van der Waals surface area (Å²) in [6.45, 7) is 2.11. The van der Waals surface area contributed by atoms with Gasteiger partial charge in [-0.3, -0.25) is 4.79 Å². The fourth-order valence-corrected chi connectivity index (χ4v) is 4.77. The van der Waals surface area contributed by atoms with Gasteiger partial charge in [-0.2, -0.15) is 0 Å². The molecule has 0 spiro atoms. The normalized spacial score (nSPS) is 25.8. The number of carbonyl (C=O) groups is 1. The Kier molecular flexibility index (Phi) is 5.79. The molecular formula is C24H30N2O2. The minimum absolute atomic E-state index is 0.158. The van der Waals surface area contributed by atoms with Gasteiger partial charge in [0.05, 0.1) is 6.10 Å². The molecule has 2 aliphatic rings. The van der Waals surface area contributed by atoms with E-state index in [9.17, 15) is 9.90 Å². The molecule has 28 heavy (non-hydrogen) atoms. The number of hydrogen-bond donors (Lipinski definition) is 2. The van der Waals surface area contributed by atoms with Gasteiger partial charge in [-0.15, -0.1) is 0 Å². The van der Waals surface area contributed by atoms with Crippen LogP contribution in [0, 0.1) is 5.92 Å². The Morgan fingerprint density at radius 3 is 2.18 bits per heavy atom. The second kappa shape index (κ2) is 8.46. The standard InChI is InChI=1S/C24H30N2O2/c27-22-17-24(25-18-22,16-21-9-5-2-6-10-21)23(28)26-13-11-20(12-14-26)15-19-7-3-1-4-8-19/h1-10,20,22,25,27H,11-18H2/t22-,24+/m1/s1. The van der Waals surface area contributed by atoms with Crippen LogP contribution in [0.5, 0.6) is 0 Å². The second-order valence-electron chi connectivity index (χ2n) is 8.41. The molecule has 2 fully saturated rings. The number of piperidine rings is 1. The highest BCUT2D eigenvalue weighted by atomic mass is 16.3. The fourth-order valence-electron chi connectivity index (χ4n) is 4.77. The Hall–Kier alpha value is -2.17. The van der Waals surface area contributed by atoms with E-state index in [-0.39, 0.29) is 5.91 Å². The van der Waals surface area contributed by atoms with E-state index in [1.54, 1.807) is 0 Å². The third kappa shape index (κ3) is 4.29. The third-order valence-electron chi connectivity index (χ3n) is 6.29. The Morgan fingerprint density at radius 1 is 1.00 bits per heavy atom. The zero-order valence-electron chi connectivity index (χ0n) is 16.4. The van der Waals surface area contributed by atoms with E-state index in [0.717, 1.165) is 37.9 Å². The van der Waals surface area contributed by atoms with Crippen molar-refractivity contribution in [1.82, 2.24) is 10.2 Å². The van der Waals surface area contributed by atoms with Crippen molar-refractivity contribution in [2.45, 2.75) is 43.7 Å². The highest BCUT2D eigenvalue weighted by Gasteiger charge is 2.47. The van der Waals surface area contributed by atoms with E-state index in [1.165, 1.54) is 5.56 Å². The number of aliphatic hydroxyl groups excluding tert-OH is 1. The minimum Gasteiger partial charge on any atom is -0.392 e. The number of benzene rings is 2. The monoisotopic (exact) mass is 378 g/mol. The lowest BCUT2D eigenvalue weighted by Gasteiger charge is -2.39. The molecule has 0 saturated carbocycles. The fraction of sp³-hybridized carbons (Fsp3) is 0.458. The number of carbonyl (C=O) groups excluding carboxylic acids is 1. The molecule has 1 amide bonds. The van der Waals surface area contributed by atoms with Crippen LogP contribution in [0.2, 0.25) is 0 Å². The quantitative estimate of drug-likeness (QED) is 0.841. The summed E-state index contributed by atoms with van der Waals surface area (Å²) < 4.78 is 0. The molecular weight excluding hydrogens is 348 g/mol. The van der Waals surface area contributed by atoms with Crippen molar-refractivity contribution in [3.63, 3.8) is 0 Å². The lowest BCUT2D eigenvalue weighted by molar-refractivity contribution is -0.139. The Morgan fingerprint density at radius 2 is 1.61 bits per heavy atom. The lowest BCUT2D eigenvalue weighted by Crippen LogP contribution is -2.57. The lowest BCUT2D eigenvalue weighted by atomic mass is 9.85. The molecule has 0 unspecified atom stereocenters. The average molecular weight is 379 g/mol. The van der Waals surface area contributed by atoms with Gasteiger partial charge in [0.15, 0.2) is 0 Å². The smallest absolute Gasteiger partial charge is 0.243 e. The summed E-state index contributed by atoms with van der Waals surface area (Å²) >= 11 is 0. The molecule has 4 rings (SSSR count). The number of aliphatic hydroxyl groups is 1. The number of rotatable bonds is 5. The first-order valence-corrected chi connectivity index (χ1v) is 10.4. The minimum atomic E-state index is -0.674. The number of β-amino-alcohol motifs (C(OH)–C–C–N with tert-alkyl or cyclic N) is 1. The highest BCUT2D eigenvalue weighted by molar-refractivity contribution is 5.87. The van der Waals surface area contributed by atoms with E-state index in [2.05, 4.69) is 47.8 Å². The number of nitrogens with zero attached hydrogens (tertiary/aromatic N) is 1. The van der Waals surface area contributed by atoms with Crippen molar-refractivity contribution in [3.05, 3.63) is 71.8 Å². The van der Waals surface area contributed by atoms with Crippen LogP contribution >= 0.6 is 0 Å². The number of nitrogens with one attached hydrogen (secondary N) is 1. The van der Waals surface area contributed by atoms with Crippen LogP contribution in [0.4, 0.5) is 0 Å². The molecule has 4 heteroatoms. The Labute approximate surface area is 167 Å². The zero-order chi connectivity index (χ0) is 19.4. The summed E-state index contributed by atoms with van der Waals surface area (Å²) in [4.78, 5) is 15.5. The van der Waals surface area contributed by atoms with Gasteiger partial charge < -0.3 is 15.3 Å². The van der Waals surface area contributed by atoms with Gasteiger partial charge >= 0.3 is 0 Å². The number of likely N-dealkylation sites (tertiary alicyclic amines) is 1. The van der Waals surface area contributed by atoms with Crippen LogP contribution in [-0.4, -0.2) is 47.2 Å². The van der Waals surface area contributed by atoms with Crippen molar-refractivity contribution in [2.24, 2.45) is 5.92 Å². The molecule has 0 radical (unpaired) electrons. The van der Waals surface area contributed by atoms with Crippen LogP contribution in [0.15, 0.2) is 60.7 Å². The number of amides is 1. The predicted molar refractivity (Wildman–Crippen MR) is 111 cm³/mol.